The molecule has 0 saturated heterocycles. The molecule has 0 aliphatic heterocycles. The van der Waals surface area contributed by atoms with Crippen molar-refractivity contribution in [3.05, 3.63) is 11.6 Å². The highest BCUT2D eigenvalue weighted by Crippen LogP contribution is 2.70. The van der Waals surface area contributed by atoms with Crippen LogP contribution in [0.5, 0.6) is 0 Å². The lowest BCUT2D eigenvalue weighted by atomic mass is 9.42. The fourth-order valence-electron chi connectivity index (χ4n) is 6.15. The largest absolute Gasteiger partial charge is 0.390 e. The van der Waals surface area contributed by atoms with Crippen LogP contribution in [0.2, 0.25) is 0 Å². The van der Waals surface area contributed by atoms with Gasteiger partial charge in [-0.1, -0.05) is 32.4 Å². The van der Waals surface area contributed by atoms with Crippen molar-refractivity contribution in [2.45, 2.75) is 72.3 Å². The number of carbonyl (C=O) groups excluding carboxylic acids is 1. The fourth-order valence-corrected chi connectivity index (χ4v) is 6.15. The maximum absolute atomic E-state index is 13.0. The first-order valence-corrected chi connectivity index (χ1v) is 9.09. The summed E-state index contributed by atoms with van der Waals surface area (Å²) in [4.78, 5) is 13.0. The molecule has 0 spiro atoms. The highest BCUT2D eigenvalue weighted by atomic mass is 16.3. The van der Waals surface area contributed by atoms with Crippen LogP contribution in [0.25, 0.3) is 0 Å². The Bertz CT molecular complexity index is 502. The molecule has 6 atom stereocenters. The number of fused-ring (bicyclic) bond motifs is 4. The van der Waals surface area contributed by atoms with E-state index >= 15 is 0 Å². The van der Waals surface area contributed by atoms with E-state index in [-0.39, 0.29) is 17.3 Å². The van der Waals surface area contributed by atoms with Gasteiger partial charge in [0.2, 0.25) is 0 Å². The van der Waals surface area contributed by atoms with Crippen LogP contribution >= 0.6 is 0 Å². The van der Waals surface area contributed by atoms with Crippen LogP contribution in [0.1, 0.15) is 66.7 Å². The summed E-state index contributed by atoms with van der Waals surface area (Å²) in [6, 6.07) is 0. The van der Waals surface area contributed by atoms with E-state index < -0.39 is 5.60 Å². The molecule has 2 saturated carbocycles. The summed E-state index contributed by atoms with van der Waals surface area (Å²) in [7, 11) is 0. The van der Waals surface area contributed by atoms with Crippen LogP contribution in [0.3, 0.4) is 0 Å². The fraction of sp³-hybridized carbons (Fsp3) is 0.850. The average molecular weight is 304 g/mol. The van der Waals surface area contributed by atoms with Gasteiger partial charge in [0.25, 0.3) is 0 Å². The van der Waals surface area contributed by atoms with Gasteiger partial charge in [-0.3, -0.25) is 4.79 Å². The number of rotatable bonds is 1. The van der Waals surface area contributed by atoms with Gasteiger partial charge in [0.15, 0.2) is 0 Å². The van der Waals surface area contributed by atoms with Gasteiger partial charge < -0.3 is 5.11 Å². The average Bonchev–Trinajstić information content (AvgIpc) is 2.65. The van der Waals surface area contributed by atoms with Gasteiger partial charge in [0, 0.05) is 18.3 Å². The summed E-state index contributed by atoms with van der Waals surface area (Å²) in [6.07, 6.45) is 6.82. The number of aliphatic hydroxyl groups is 1. The van der Waals surface area contributed by atoms with E-state index in [1.165, 1.54) is 12.0 Å². The quantitative estimate of drug-likeness (QED) is 0.730. The van der Waals surface area contributed by atoms with Crippen molar-refractivity contribution in [2.75, 3.05) is 0 Å². The molecule has 0 amide bonds. The maximum Gasteiger partial charge on any atom is 0.140 e. The van der Waals surface area contributed by atoms with Crippen molar-refractivity contribution in [1.29, 1.82) is 0 Å². The predicted octanol–water partition coefficient (Wildman–Crippen LogP) is 4.37. The third-order valence-electron chi connectivity index (χ3n) is 7.21. The van der Waals surface area contributed by atoms with E-state index in [1.807, 2.05) is 6.92 Å². The molecule has 0 bridgehead atoms. The molecule has 0 heterocycles. The molecule has 0 aromatic carbocycles. The molecule has 0 radical (unpaired) electrons. The van der Waals surface area contributed by atoms with Crippen LogP contribution in [0, 0.1) is 35.0 Å². The molecule has 22 heavy (non-hydrogen) atoms. The summed E-state index contributed by atoms with van der Waals surface area (Å²) in [5, 5.41) is 11.2. The summed E-state index contributed by atoms with van der Waals surface area (Å²) in [5.74, 6) is 2.45. The number of ketones is 1. The summed E-state index contributed by atoms with van der Waals surface area (Å²) >= 11 is 0. The second kappa shape index (κ2) is 5.19. The highest BCUT2D eigenvalue weighted by molar-refractivity contribution is 5.85. The number of hydrogen-bond acceptors (Lipinski definition) is 2. The molecule has 2 nitrogen and oxygen atoms in total. The van der Waals surface area contributed by atoms with Gasteiger partial charge >= 0.3 is 0 Å². The van der Waals surface area contributed by atoms with Crippen LogP contribution < -0.4 is 0 Å². The molecular formula is C20H32O2. The van der Waals surface area contributed by atoms with Crippen molar-refractivity contribution in [3.8, 4) is 0 Å². The van der Waals surface area contributed by atoms with Crippen LogP contribution in [0.4, 0.5) is 0 Å². The number of Topliss-reactive ketones (excluding diaryl/α,β-unsaturated/α-hetero) is 1. The second-order valence-electron chi connectivity index (χ2n) is 9.07. The highest BCUT2D eigenvalue weighted by Gasteiger charge is 2.69. The zero-order valence-corrected chi connectivity index (χ0v) is 14.9. The van der Waals surface area contributed by atoms with Gasteiger partial charge in [-0.15, -0.1) is 0 Å². The van der Waals surface area contributed by atoms with Crippen molar-refractivity contribution in [3.63, 3.8) is 0 Å². The van der Waals surface area contributed by atoms with E-state index in [9.17, 15) is 9.90 Å². The molecule has 2 heteroatoms. The van der Waals surface area contributed by atoms with Crippen LogP contribution in [-0.2, 0) is 4.79 Å². The van der Waals surface area contributed by atoms with Crippen molar-refractivity contribution in [2.24, 2.45) is 35.0 Å². The Labute approximate surface area is 135 Å². The van der Waals surface area contributed by atoms with Gasteiger partial charge in [-0.25, -0.2) is 0 Å². The molecule has 3 rings (SSSR count). The van der Waals surface area contributed by atoms with Gasteiger partial charge in [0.1, 0.15) is 5.78 Å². The lowest BCUT2D eigenvalue weighted by Gasteiger charge is -2.62. The van der Waals surface area contributed by atoms with Crippen LogP contribution in [0.15, 0.2) is 11.6 Å². The Morgan fingerprint density at radius 3 is 2.55 bits per heavy atom. The summed E-state index contributed by atoms with van der Waals surface area (Å²) < 4.78 is 0. The summed E-state index contributed by atoms with van der Waals surface area (Å²) in [6.45, 7) is 11.0. The minimum absolute atomic E-state index is 0.0673. The summed E-state index contributed by atoms with van der Waals surface area (Å²) in [5.41, 5.74) is 0.612. The first kappa shape index (κ1) is 16.2. The minimum Gasteiger partial charge on any atom is -0.390 e. The normalized spacial score (nSPS) is 48.7. The Morgan fingerprint density at radius 1 is 1.23 bits per heavy atom. The van der Waals surface area contributed by atoms with Crippen molar-refractivity contribution >= 4 is 5.78 Å². The third-order valence-corrected chi connectivity index (χ3v) is 7.21. The van der Waals surface area contributed by atoms with Crippen LogP contribution in [-0.4, -0.2) is 16.5 Å². The first-order valence-electron chi connectivity index (χ1n) is 9.09. The second-order valence-corrected chi connectivity index (χ2v) is 9.07. The Hall–Kier alpha value is -0.630. The topological polar surface area (TPSA) is 37.3 Å². The van der Waals surface area contributed by atoms with Crippen molar-refractivity contribution in [1.82, 2.24) is 0 Å². The zero-order valence-electron chi connectivity index (χ0n) is 14.9. The zero-order chi connectivity index (χ0) is 16.3. The predicted molar refractivity (Wildman–Crippen MR) is 89.4 cm³/mol. The van der Waals surface area contributed by atoms with E-state index in [4.69, 9.17) is 0 Å². The number of hydrogen-bond donors (Lipinski definition) is 1. The van der Waals surface area contributed by atoms with Gasteiger partial charge in [0.05, 0.1) is 5.60 Å². The first-order chi connectivity index (χ1) is 10.2. The standard InChI is InChI=1S/C20H32O2/c1-12(2)14-8-10-19(4)16(14)18-17(19)15(21)11-13(3)7-6-9-20(18,5)22/h7,12,14,16-18,22H,6,8-11H2,1-5H3. The maximum atomic E-state index is 13.0. The number of carbonyl (C=O) groups is 1. The molecule has 1 N–H and O–H groups in total. The molecule has 6 unspecified atom stereocenters. The third kappa shape index (κ3) is 2.21. The lowest BCUT2D eigenvalue weighted by Crippen LogP contribution is -2.64. The molecule has 3 aliphatic rings. The molecule has 3 aliphatic carbocycles. The monoisotopic (exact) mass is 304 g/mol. The van der Waals surface area contributed by atoms with Crippen molar-refractivity contribution < 1.29 is 9.90 Å². The molecular weight excluding hydrogens is 272 g/mol. The van der Waals surface area contributed by atoms with Gasteiger partial charge in [-0.2, -0.15) is 0 Å². The lowest BCUT2D eigenvalue weighted by molar-refractivity contribution is -0.202. The Balaban J connectivity index is 2.00. The Kier molecular flexibility index (Phi) is 3.83. The molecule has 124 valence electrons. The minimum atomic E-state index is -0.705. The van der Waals surface area contributed by atoms with E-state index in [0.717, 1.165) is 19.3 Å². The molecule has 2 fully saturated rings. The van der Waals surface area contributed by atoms with E-state index in [2.05, 4.69) is 33.8 Å². The van der Waals surface area contributed by atoms with E-state index in [1.54, 1.807) is 0 Å². The Morgan fingerprint density at radius 2 is 1.91 bits per heavy atom. The number of allylic oxidation sites excluding steroid dienone is 2. The molecule has 0 aromatic heterocycles. The van der Waals surface area contributed by atoms with Gasteiger partial charge in [-0.05, 0) is 62.7 Å². The van der Waals surface area contributed by atoms with E-state index in [0.29, 0.717) is 30.0 Å². The SMILES string of the molecule is CC1=CCCC(C)(O)C2C(C(=O)C1)C1(C)CCC(C(C)C)C21. The smallest absolute Gasteiger partial charge is 0.140 e. The molecule has 0 aromatic rings.